The summed E-state index contributed by atoms with van der Waals surface area (Å²) in [6.45, 7) is 4.90. The molecule has 1 aliphatic rings. The number of fused-ring (bicyclic) bond motifs is 3. The minimum Gasteiger partial charge on any atom is -0.473 e. The molecule has 1 aliphatic heterocycles. The minimum atomic E-state index is -0.344. The van der Waals surface area contributed by atoms with E-state index in [2.05, 4.69) is 4.90 Å². The van der Waals surface area contributed by atoms with E-state index in [-0.39, 0.29) is 5.63 Å². The Morgan fingerprint density at radius 1 is 1.08 bits per heavy atom. The van der Waals surface area contributed by atoms with Crippen LogP contribution in [0.3, 0.4) is 0 Å². The highest BCUT2D eigenvalue weighted by Crippen LogP contribution is 2.35. The van der Waals surface area contributed by atoms with Gasteiger partial charge in [-0.05, 0) is 49.2 Å². The van der Waals surface area contributed by atoms with Gasteiger partial charge in [0.05, 0.1) is 12.1 Å². The fourth-order valence-electron chi connectivity index (χ4n) is 3.03. The molecular weight excluding hydrogens is 326 g/mol. The van der Waals surface area contributed by atoms with Crippen LogP contribution in [0.4, 0.5) is 5.69 Å². The Labute approximate surface area is 144 Å². The van der Waals surface area contributed by atoms with Gasteiger partial charge in [0.2, 0.25) is 0 Å². The number of hydrogen-bond acceptors (Lipinski definition) is 4. The fourth-order valence-corrected chi connectivity index (χ4v) is 3.21. The predicted octanol–water partition coefficient (Wildman–Crippen LogP) is 4.42. The average molecular weight is 342 g/mol. The van der Waals surface area contributed by atoms with Crippen LogP contribution in [0.25, 0.3) is 11.0 Å². The third-order valence-corrected chi connectivity index (χ3v) is 4.83. The van der Waals surface area contributed by atoms with Crippen molar-refractivity contribution in [2.75, 3.05) is 11.6 Å². The molecule has 0 atom stereocenters. The van der Waals surface area contributed by atoms with E-state index in [9.17, 15) is 4.79 Å². The largest absolute Gasteiger partial charge is 0.473 e. The van der Waals surface area contributed by atoms with Gasteiger partial charge < -0.3 is 14.1 Å². The molecular formula is C19H16ClNO3. The molecule has 0 spiro atoms. The molecule has 0 radical (unpaired) electrons. The van der Waals surface area contributed by atoms with Gasteiger partial charge >= 0.3 is 5.63 Å². The summed E-state index contributed by atoms with van der Waals surface area (Å²) in [5, 5.41) is 1.65. The van der Waals surface area contributed by atoms with Crippen LogP contribution in [0.2, 0.25) is 5.02 Å². The van der Waals surface area contributed by atoms with E-state index in [0.29, 0.717) is 18.9 Å². The SMILES string of the molecule is Cc1ccc(N2COc3ccc4c(C)cc(=O)oc4c3C2)cc1Cl. The van der Waals surface area contributed by atoms with Crippen molar-refractivity contribution in [3.8, 4) is 5.75 Å². The van der Waals surface area contributed by atoms with Crippen LogP contribution >= 0.6 is 11.6 Å². The maximum atomic E-state index is 11.8. The van der Waals surface area contributed by atoms with E-state index < -0.39 is 0 Å². The van der Waals surface area contributed by atoms with Gasteiger partial charge in [-0.1, -0.05) is 17.7 Å². The molecule has 3 aromatic rings. The first kappa shape index (κ1) is 15.1. The zero-order chi connectivity index (χ0) is 16.8. The molecule has 0 bridgehead atoms. The van der Waals surface area contributed by atoms with Crippen molar-refractivity contribution in [2.24, 2.45) is 0 Å². The van der Waals surface area contributed by atoms with E-state index in [1.165, 1.54) is 6.07 Å². The molecule has 0 amide bonds. The lowest BCUT2D eigenvalue weighted by Crippen LogP contribution is -2.32. The first-order chi connectivity index (χ1) is 11.5. The van der Waals surface area contributed by atoms with E-state index >= 15 is 0 Å². The van der Waals surface area contributed by atoms with Crippen LogP contribution in [0.5, 0.6) is 5.75 Å². The van der Waals surface area contributed by atoms with Gasteiger partial charge in [0.25, 0.3) is 0 Å². The van der Waals surface area contributed by atoms with Gasteiger partial charge in [-0.3, -0.25) is 0 Å². The first-order valence-corrected chi connectivity index (χ1v) is 8.11. The van der Waals surface area contributed by atoms with Crippen LogP contribution in [-0.4, -0.2) is 6.73 Å². The summed E-state index contributed by atoms with van der Waals surface area (Å²) in [6.07, 6.45) is 0. The number of aryl methyl sites for hydroxylation is 2. The van der Waals surface area contributed by atoms with Crippen LogP contribution in [0.15, 0.2) is 45.6 Å². The number of rotatable bonds is 1. The summed E-state index contributed by atoms with van der Waals surface area (Å²) < 4.78 is 11.3. The molecule has 4 nitrogen and oxygen atoms in total. The molecule has 2 aromatic carbocycles. The number of anilines is 1. The molecule has 122 valence electrons. The molecule has 0 saturated heterocycles. The van der Waals surface area contributed by atoms with Crippen molar-refractivity contribution >= 4 is 28.3 Å². The Morgan fingerprint density at radius 3 is 2.71 bits per heavy atom. The van der Waals surface area contributed by atoms with E-state index in [1.54, 1.807) is 0 Å². The zero-order valence-electron chi connectivity index (χ0n) is 13.4. The van der Waals surface area contributed by atoms with Crippen molar-refractivity contribution in [3.63, 3.8) is 0 Å². The quantitative estimate of drug-likeness (QED) is 0.614. The second-order valence-corrected chi connectivity index (χ2v) is 6.48. The van der Waals surface area contributed by atoms with E-state index in [0.717, 1.165) is 38.5 Å². The number of ether oxygens (including phenoxy) is 1. The molecule has 0 saturated carbocycles. The molecule has 0 aliphatic carbocycles. The van der Waals surface area contributed by atoms with Gasteiger partial charge in [-0.15, -0.1) is 0 Å². The van der Waals surface area contributed by atoms with Crippen LogP contribution in [0, 0.1) is 13.8 Å². The topological polar surface area (TPSA) is 42.7 Å². The number of benzene rings is 2. The Bertz CT molecular complexity index is 1010. The summed E-state index contributed by atoms with van der Waals surface area (Å²) in [7, 11) is 0. The number of hydrogen-bond donors (Lipinski definition) is 0. The summed E-state index contributed by atoms with van der Waals surface area (Å²) in [6, 6.07) is 11.3. The average Bonchev–Trinajstić information content (AvgIpc) is 2.56. The molecule has 2 heterocycles. The maximum Gasteiger partial charge on any atom is 0.336 e. The second-order valence-electron chi connectivity index (χ2n) is 6.07. The molecule has 0 unspecified atom stereocenters. The van der Waals surface area contributed by atoms with Gasteiger partial charge in [0.15, 0.2) is 6.73 Å². The van der Waals surface area contributed by atoms with Crippen LogP contribution in [0.1, 0.15) is 16.7 Å². The van der Waals surface area contributed by atoms with Gasteiger partial charge in [0.1, 0.15) is 11.3 Å². The van der Waals surface area contributed by atoms with Crippen LogP contribution in [-0.2, 0) is 6.54 Å². The number of halogens is 1. The summed E-state index contributed by atoms with van der Waals surface area (Å²) in [5.74, 6) is 0.755. The number of nitrogens with zero attached hydrogens (tertiary/aromatic N) is 1. The maximum absolute atomic E-state index is 11.8. The monoisotopic (exact) mass is 341 g/mol. The van der Waals surface area contributed by atoms with Crippen molar-refractivity contribution < 1.29 is 9.15 Å². The van der Waals surface area contributed by atoms with Crippen molar-refractivity contribution in [1.82, 2.24) is 0 Å². The Balaban J connectivity index is 1.82. The Kier molecular flexibility index (Phi) is 3.50. The normalized spacial score (nSPS) is 13.7. The van der Waals surface area contributed by atoms with Gasteiger partial charge in [0, 0.05) is 22.2 Å². The molecule has 4 rings (SSSR count). The second kappa shape index (κ2) is 5.56. The Hall–Kier alpha value is -2.46. The highest BCUT2D eigenvalue weighted by Gasteiger charge is 2.22. The van der Waals surface area contributed by atoms with Gasteiger partial charge in [-0.2, -0.15) is 0 Å². The van der Waals surface area contributed by atoms with Crippen molar-refractivity contribution in [1.29, 1.82) is 0 Å². The highest BCUT2D eigenvalue weighted by molar-refractivity contribution is 6.31. The summed E-state index contributed by atoms with van der Waals surface area (Å²) >= 11 is 6.24. The third kappa shape index (κ3) is 2.43. The third-order valence-electron chi connectivity index (χ3n) is 4.42. The lowest BCUT2D eigenvalue weighted by atomic mass is 10.0. The van der Waals surface area contributed by atoms with Crippen molar-refractivity contribution in [3.05, 3.63) is 68.5 Å². The summed E-state index contributed by atoms with van der Waals surface area (Å²) in [4.78, 5) is 13.9. The minimum absolute atomic E-state index is 0.344. The Morgan fingerprint density at radius 2 is 1.92 bits per heavy atom. The fraction of sp³-hybridized carbons (Fsp3) is 0.211. The zero-order valence-corrected chi connectivity index (χ0v) is 14.2. The van der Waals surface area contributed by atoms with E-state index in [1.807, 2.05) is 44.2 Å². The predicted molar refractivity (Wildman–Crippen MR) is 95.1 cm³/mol. The molecule has 0 fully saturated rings. The molecule has 24 heavy (non-hydrogen) atoms. The highest BCUT2D eigenvalue weighted by atomic mass is 35.5. The molecule has 1 aromatic heterocycles. The van der Waals surface area contributed by atoms with Crippen LogP contribution < -0.4 is 15.3 Å². The smallest absolute Gasteiger partial charge is 0.336 e. The lowest BCUT2D eigenvalue weighted by Gasteiger charge is -2.31. The van der Waals surface area contributed by atoms with E-state index in [4.69, 9.17) is 20.8 Å². The molecule has 5 heteroatoms. The van der Waals surface area contributed by atoms with Crippen molar-refractivity contribution in [2.45, 2.75) is 20.4 Å². The molecule has 0 N–H and O–H groups in total. The first-order valence-electron chi connectivity index (χ1n) is 7.73. The standard InChI is InChI=1S/C19H16ClNO3/c1-11-3-4-13(8-16(11)20)21-9-15-17(23-10-21)6-5-14-12(2)7-18(22)24-19(14)15/h3-8H,9-10H2,1-2H3. The summed E-state index contributed by atoms with van der Waals surface area (Å²) in [5.41, 5.74) is 4.05. The lowest BCUT2D eigenvalue weighted by molar-refractivity contribution is 0.289. The van der Waals surface area contributed by atoms with Gasteiger partial charge in [-0.25, -0.2) is 4.79 Å².